The van der Waals surface area contributed by atoms with Crippen LogP contribution in [-0.4, -0.2) is 76.5 Å². The van der Waals surface area contributed by atoms with E-state index in [4.69, 9.17) is 0 Å². The van der Waals surface area contributed by atoms with E-state index in [0.717, 1.165) is 15.4 Å². The van der Waals surface area contributed by atoms with E-state index in [1.165, 1.54) is 41.6 Å². The number of benzene rings is 3. The first-order valence-corrected chi connectivity index (χ1v) is 15.7. The molecule has 0 spiro atoms. The van der Waals surface area contributed by atoms with Crippen molar-refractivity contribution in [2.45, 2.75) is 35.9 Å². The number of pyridine rings is 1. The first-order chi connectivity index (χ1) is 21.2. The SMILES string of the molecule is O=C(NC(Cc1ccc(O)cc1)C(=O)N1CCC2C1C(=O)CN2S(=O)(=O)c1cccnc1)c1ccc(-c2ccccc2)cc1. The van der Waals surface area contributed by atoms with Crippen LogP contribution in [0.3, 0.4) is 0 Å². The predicted molar refractivity (Wildman–Crippen MR) is 162 cm³/mol. The highest BCUT2D eigenvalue weighted by Gasteiger charge is 2.54. The lowest BCUT2D eigenvalue weighted by molar-refractivity contribution is -0.138. The van der Waals surface area contributed by atoms with Crippen LogP contribution in [0.2, 0.25) is 0 Å². The zero-order chi connectivity index (χ0) is 30.8. The molecule has 0 saturated carbocycles. The summed E-state index contributed by atoms with van der Waals surface area (Å²) in [6.07, 6.45) is 3.09. The maximum atomic E-state index is 14.1. The van der Waals surface area contributed by atoms with Crippen LogP contribution in [0, 0.1) is 0 Å². The fourth-order valence-corrected chi connectivity index (χ4v) is 7.52. The lowest BCUT2D eigenvalue weighted by Crippen LogP contribution is -2.53. The van der Waals surface area contributed by atoms with E-state index in [0.29, 0.717) is 11.1 Å². The number of carbonyl (C=O) groups is 3. The summed E-state index contributed by atoms with van der Waals surface area (Å²) in [5, 5.41) is 12.6. The number of amides is 2. The largest absolute Gasteiger partial charge is 0.508 e. The number of nitrogens with zero attached hydrogens (tertiary/aromatic N) is 3. The number of rotatable bonds is 8. The highest BCUT2D eigenvalue weighted by atomic mass is 32.2. The van der Waals surface area contributed by atoms with Crippen LogP contribution in [0.5, 0.6) is 5.75 Å². The van der Waals surface area contributed by atoms with Gasteiger partial charge in [0.15, 0.2) is 5.78 Å². The molecule has 2 aliphatic rings. The minimum Gasteiger partial charge on any atom is -0.508 e. The van der Waals surface area contributed by atoms with Gasteiger partial charge in [0.25, 0.3) is 5.91 Å². The standard InChI is InChI=1S/C33H30N4O6S/c38-26-14-8-22(9-15-26)19-28(35-32(40)25-12-10-24(11-13-25)23-5-2-1-3-6-23)33(41)36-18-16-29-31(36)30(39)21-37(29)44(42,43)27-7-4-17-34-20-27/h1-15,17,20,28-29,31,38H,16,18-19,21H2,(H,35,40). The van der Waals surface area contributed by atoms with Crippen molar-refractivity contribution in [2.75, 3.05) is 13.1 Å². The third-order valence-corrected chi connectivity index (χ3v) is 9.99. The highest BCUT2D eigenvalue weighted by molar-refractivity contribution is 7.89. The van der Waals surface area contributed by atoms with Crippen LogP contribution in [0.25, 0.3) is 11.1 Å². The molecule has 3 unspecified atom stereocenters. The van der Waals surface area contributed by atoms with E-state index in [1.807, 2.05) is 42.5 Å². The quantitative estimate of drug-likeness (QED) is 0.313. The molecular formula is C33H30N4O6S. The number of ketones is 1. The van der Waals surface area contributed by atoms with Crippen molar-refractivity contribution >= 4 is 27.6 Å². The van der Waals surface area contributed by atoms with Gasteiger partial charge in [0.05, 0.1) is 12.6 Å². The van der Waals surface area contributed by atoms with Gasteiger partial charge >= 0.3 is 0 Å². The lowest BCUT2D eigenvalue weighted by atomic mass is 10.0. The molecule has 11 heteroatoms. The van der Waals surface area contributed by atoms with Crippen LogP contribution in [-0.2, 0) is 26.0 Å². The normalized spacial score (nSPS) is 19.0. The Hall–Kier alpha value is -4.87. The molecule has 1 aromatic heterocycles. The molecule has 2 amide bonds. The molecule has 224 valence electrons. The number of hydrogen-bond donors (Lipinski definition) is 2. The number of carbonyl (C=O) groups excluding carboxylic acids is 3. The molecule has 2 saturated heterocycles. The highest BCUT2D eigenvalue weighted by Crippen LogP contribution is 2.34. The van der Waals surface area contributed by atoms with Gasteiger partial charge in [-0.25, -0.2) is 8.42 Å². The molecule has 0 radical (unpaired) electrons. The lowest BCUT2D eigenvalue weighted by Gasteiger charge is -2.28. The van der Waals surface area contributed by atoms with E-state index >= 15 is 0 Å². The van der Waals surface area contributed by atoms with Crippen LogP contribution >= 0.6 is 0 Å². The number of Topliss-reactive ketones (excluding diaryl/α,β-unsaturated/α-hetero) is 1. The van der Waals surface area contributed by atoms with Gasteiger partial charge in [-0.05, 0) is 59.5 Å². The molecule has 44 heavy (non-hydrogen) atoms. The summed E-state index contributed by atoms with van der Waals surface area (Å²) in [5.41, 5.74) is 2.99. The van der Waals surface area contributed by atoms with E-state index in [9.17, 15) is 27.9 Å². The topological polar surface area (TPSA) is 137 Å². The Morgan fingerprint density at radius 1 is 0.932 bits per heavy atom. The molecule has 0 aliphatic carbocycles. The summed E-state index contributed by atoms with van der Waals surface area (Å²) in [6, 6.07) is 23.3. The van der Waals surface area contributed by atoms with Crippen LogP contribution < -0.4 is 5.32 Å². The van der Waals surface area contributed by atoms with E-state index in [1.54, 1.807) is 24.3 Å². The third kappa shape index (κ3) is 5.71. The van der Waals surface area contributed by atoms with E-state index in [2.05, 4.69) is 10.3 Å². The fraction of sp³-hybridized carbons (Fsp3) is 0.212. The first-order valence-electron chi connectivity index (χ1n) is 14.2. The maximum Gasteiger partial charge on any atom is 0.251 e. The van der Waals surface area contributed by atoms with Gasteiger partial charge < -0.3 is 15.3 Å². The fourth-order valence-electron chi connectivity index (χ4n) is 5.93. The zero-order valence-corrected chi connectivity index (χ0v) is 24.4. The number of aromatic nitrogens is 1. The summed E-state index contributed by atoms with van der Waals surface area (Å²) >= 11 is 0. The molecule has 3 atom stereocenters. The van der Waals surface area contributed by atoms with Gasteiger partial charge in [-0.15, -0.1) is 0 Å². The second-order valence-corrected chi connectivity index (χ2v) is 12.8. The number of phenolic OH excluding ortho intramolecular Hbond substituents is 1. The van der Waals surface area contributed by atoms with Crippen molar-refractivity contribution in [2.24, 2.45) is 0 Å². The molecule has 0 bridgehead atoms. The minimum absolute atomic E-state index is 0.0195. The second-order valence-electron chi connectivity index (χ2n) is 10.9. The van der Waals surface area contributed by atoms with Gasteiger partial charge in [-0.3, -0.25) is 19.4 Å². The monoisotopic (exact) mass is 610 g/mol. The molecule has 6 rings (SSSR count). The van der Waals surface area contributed by atoms with Crippen molar-refractivity contribution in [3.8, 4) is 16.9 Å². The average molecular weight is 611 g/mol. The smallest absolute Gasteiger partial charge is 0.251 e. The predicted octanol–water partition coefficient (Wildman–Crippen LogP) is 3.04. The van der Waals surface area contributed by atoms with Crippen molar-refractivity contribution < 1.29 is 27.9 Å². The van der Waals surface area contributed by atoms with Crippen molar-refractivity contribution in [1.29, 1.82) is 0 Å². The number of phenols is 1. The average Bonchev–Trinajstić information content (AvgIpc) is 3.63. The van der Waals surface area contributed by atoms with Crippen LogP contribution in [0.4, 0.5) is 0 Å². The second kappa shape index (κ2) is 12.0. The Balaban J connectivity index is 1.24. The Kier molecular flexibility index (Phi) is 7.98. The first kappa shape index (κ1) is 29.2. The van der Waals surface area contributed by atoms with E-state index < -0.39 is 40.0 Å². The molecule has 2 fully saturated rings. The Morgan fingerprint density at radius 3 is 2.32 bits per heavy atom. The molecule has 3 heterocycles. The maximum absolute atomic E-state index is 14.1. The van der Waals surface area contributed by atoms with Crippen molar-refractivity contribution in [3.63, 3.8) is 0 Å². The molecule has 2 N–H and O–H groups in total. The molecule has 3 aromatic carbocycles. The van der Waals surface area contributed by atoms with Crippen LogP contribution in [0.15, 0.2) is 108 Å². The van der Waals surface area contributed by atoms with Crippen LogP contribution in [0.1, 0.15) is 22.3 Å². The Bertz CT molecular complexity index is 1780. The summed E-state index contributed by atoms with van der Waals surface area (Å²) in [7, 11) is -4.01. The Labute approximate surface area is 255 Å². The number of aromatic hydroxyl groups is 1. The van der Waals surface area contributed by atoms with Gasteiger partial charge in [-0.1, -0.05) is 54.6 Å². The molecule has 4 aromatic rings. The zero-order valence-electron chi connectivity index (χ0n) is 23.6. The third-order valence-electron chi connectivity index (χ3n) is 8.14. The van der Waals surface area contributed by atoms with Gasteiger partial charge in [0, 0.05) is 30.9 Å². The molecule has 2 aliphatic heterocycles. The van der Waals surface area contributed by atoms with Gasteiger partial charge in [0.2, 0.25) is 15.9 Å². The Morgan fingerprint density at radius 2 is 1.64 bits per heavy atom. The van der Waals surface area contributed by atoms with Crippen molar-refractivity contribution in [3.05, 3.63) is 115 Å². The summed E-state index contributed by atoms with van der Waals surface area (Å²) in [6.45, 7) is -0.189. The minimum atomic E-state index is -4.01. The molecular weight excluding hydrogens is 580 g/mol. The molecule has 10 nitrogen and oxygen atoms in total. The number of sulfonamides is 1. The number of likely N-dealkylation sites (tertiary alicyclic amines) is 1. The summed E-state index contributed by atoms with van der Waals surface area (Å²) < 4.78 is 27.9. The number of nitrogens with one attached hydrogen (secondary N) is 1. The van der Waals surface area contributed by atoms with E-state index in [-0.39, 0.29) is 42.4 Å². The summed E-state index contributed by atoms with van der Waals surface area (Å²) in [4.78, 5) is 46.0. The van der Waals surface area contributed by atoms with Crippen molar-refractivity contribution in [1.82, 2.24) is 19.5 Å². The number of fused-ring (bicyclic) bond motifs is 1. The van der Waals surface area contributed by atoms with Gasteiger partial charge in [-0.2, -0.15) is 4.31 Å². The summed E-state index contributed by atoms with van der Waals surface area (Å²) in [5.74, 6) is -1.25. The number of hydrogen-bond acceptors (Lipinski definition) is 7. The van der Waals surface area contributed by atoms with Gasteiger partial charge in [0.1, 0.15) is 22.7 Å².